The lowest BCUT2D eigenvalue weighted by Gasteiger charge is -2.35. The molecule has 26 heavy (non-hydrogen) atoms. The van der Waals surface area contributed by atoms with E-state index in [-0.39, 0.29) is 24.2 Å². The van der Waals surface area contributed by atoms with Gasteiger partial charge in [0, 0.05) is 26.1 Å². The molecule has 0 spiro atoms. The van der Waals surface area contributed by atoms with Gasteiger partial charge >= 0.3 is 5.97 Å². The largest absolute Gasteiger partial charge is 0.481 e. The minimum absolute atomic E-state index is 0.0429. The van der Waals surface area contributed by atoms with Gasteiger partial charge in [-0.3, -0.25) is 14.4 Å². The summed E-state index contributed by atoms with van der Waals surface area (Å²) in [6.45, 7) is 3.11. The maximum Gasteiger partial charge on any atom is 0.306 e. The van der Waals surface area contributed by atoms with E-state index in [4.69, 9.17) is 9.84 Å². The molecule has 1 aromatic carbocycles. The lowest BCUT2D eigenvalue weighted by Crippen LogP contribution is -2.47. The van der Waals surface area contributed by atoms with Crippen LogP contribution in [0.2, 0.25) is 0 Å². The summed E-state index contributed by atoms with van der Waals surface area (Å²) in [5, 5.41) is 9.05. The smallest absolute Gasteiger partial charge is 0.306 e. The van der Waals surface area contributed by atoms with Crippen LogP contribution in [0.15, 0.2) is 24.3 Å². The second-order valence-corrected chi connectivity index (χ2v) is 6.72. The van der Waals surface area contributed by atoms with Gasteiger partial charge in [0.05, 0.1) is 11.6 Å². The number of benzene rings is 1. The molecule has 1 atom stereocenters. The number of carbonyl (C=O) groups excluding carboxylic acids is 2. The van der Waals surface area contributed by atoms with Crippen LogP contribution in [0.4, 0.5) is 5.69 Å². The van der Waals surface area contributed by atoms with E-state index >= 15 is 0 Å². The molecule has 7 heteroatoms. The number of anilines is 1. The van der Waals surface area contributed by atoms with Crippen molar-refractivity contribution in [2.45, 2.75) is 38.7 Å². The number of aliphatic carboxylic acids is 1. The summed E-state index contributed by atoms with van der Waals surface area (Å²) >= 11 is 0. The lowest BCUT2D eigenvalue weighted by molar-refractivity contribution is -0.145. The van der Waals surface area contributed by atoms with E-state index in [0.29, 0.717) is 50.3 Å². The van der Waals surface area contributed by atoms with Gasteiger partial charge in [-0.25, -0.2) is 0 Å². The molecule has 2 aliphatic rings. The van der Waals surface area contributed by atoms with Crippen molar-refractivity contribution in [2.24, 2.45) is 5.92 Å². The molecule has 0 aliphatic carbocycles. The van der Waals surface area contributed by atoms with Gasteiger partial charge in [-0.15, -0.1) is 0 Å². The van der Waals surface area contributed by atoms with Crippen molar-refractivity contribution in [3.05, 3.63) is 24.3 Å². The van der Waals surface area contributed by atoms with Crippen LogP contribution in [0.1, 0.15) is 32.6 Å². The average Bonchev–Trinajstić information content (AvgIpc) is 2.66. The molecule has 2 aliphatic heterocycles. The van der Waals surface area contributed by atoms with Crippen LogP contribution in [0, 0.1) is 5.92 Å². The predicted octanol–water partition coefficient (Wildman–Crippen LogP) is 1.90. The number of piperidine rings is 1. The topological polar surface area (TPSA) is 87.2 Å². The van der Waals surface area contributed by atoms with E-state index in [0.717, 1.165) is 0 Å². The van der Waals surface area contributed by atoms with Gasteiger partial charge in [-0.1, -0.05) is 19.1 Å². The first-order chi connectivity index (χ1) is 12.5. The van der Waals surface area contributed by atoms with Crippen LogP contribution >= 0.6 is 0 Å². The Hall–Kier alpha value is -2.57. The molecule has 1 aromatic rings. The van der Waals surface area contributed by atoms with Crippen LogP contribution in [-0.4, -0.2) is 53.5 Å². The summed E-state index contributed by atoms with van der Waals surface area (Å²) < 4.78 is 5.74. The summed E-state index contributed by atoms with van der Waals surface area (Å²) in [6, 6.07) is 7.35. The van der Waals surface area contributed by atoms with Crippen LogP contribution in [0.25, 0.3) is 0 Å². The summed E-state index contributed by atoms with van der Waals surface area (Å²) in [7, 11) is 0. The zero-order valence-electron chi connectivity index (χ0n) is 14.9. The van der Waals surface area contributed by atoms with Crippen LogP contribution in [-0.2, 0) is 14.4 Å². The first kappa shape index (κ1) is 18.2. The van der Waals surface area contributed by atoms with Gasteiger partial charge in [0.1, 0.15) is 5.75 Å². The first-order valence-electron chi connectivity index (χ1n) is 9.09. The summed E-state index contributed by atoms with van der Waals surface area (Å²) in [4.78, 5) is 39.5. The molecule has 0 aromatic heterocycles. The number of para-hydroxylation sites is 2. The second kappa shape index (κ2) is 7.76. The molecule has 0 saturated carbocycles. The Morgan fingerprint density at radius 1 is 1.23 bits per heavy atom. The quantitative estimate of drug-likeness (QED) is 0.867. The number of fused-ring (bicyclic) bond motifs is 1. The fourth-order valence-corrected chi connectivity index (χ4v) is 3.51. The Kier molecular flexibility index (Phi) is 5.44. The second-order valence-electron chi connectivity index (χ2n) is 6.72. The fraction of sp³-hybridized carbons (Fsp3) is 0.526. The number of nitrogens with zero attached hydrogens (tertiary/aromatic N) is 2. The molecule has 2 amide bonds. The van der Waals surface area contributed by atoms with Crippen molar-refractivity contribution in [3.63, 3.8) is 0 Å². The van der Waals surface area contributed by atoms with Gasteiger partial charge in [0.2, 0.25) is 5.91 Å². The van der Waals surface area contributed by atoms with Gasteiger partial charge in [-0.05, 0) is 31.4 Å². The third-order valence-electron chi connectivity index (χ3n) is 5.08. The number of ether oxygens (including phenoxy) is 1. The van der Waals surface area contributed by atoms with Crippen LogP contribution in [0.3, 0.4) is 0 Å². The summed E-state index contributed by atoms with van der Waals surface area (Å²) in [6.07, 6.45) is 1.23. The highest BCUT2D eigenvalue weighted by molar-refractivity contribution is 6.00. The molecule has 140 valence electrons. The van der Waals surface area contributed by atoms with Crippen LogP contribution in [0.5, 0.6) is 5.75 Å². The summed E-state index contributed by atoms with van der Waals surface area (Å²) in [5.74, 6) is -0.661. The van der Waals surface area contributed by atoms with Crippen LogP contribution < -0.4 is 9.64 Å². The summed E-state index contributed by atoms with van der Waals surface area (Å²) in [5.41, 5.74) is 0.694. The Bertz CT molecular complexity index is 697. The Labute approximate surface area is 152 Å². The molecule has 0 radical (unpaired) electrons. The van der Waals surface area contributed by atoms with Crippen molar-refractivity contribution in [2.75, 3.05) is 24.5 Å². The highest BCUT2D eigenvalue weighted by atomic mass is 16.5. The third kappa shape index (κ3) is 3.66. The first-order valence-corrected chi connectivity index (χ1v) is 9.09. The number of hydrogen-bond acceptors (Lipinski definition) is 4. The molecule has 1 saturated heterocycles. The lowest BCUT2D eigenvalue weighted by atomic mass is 9.97. The van der Waals surface area contributed by atoms with E-state index in [1.54, 1.807) is 9.80 Å². The minimum atomic E-state index is -0.793. The van der Waals surface area contributed by atoms with Gasteiger partial charge in [0.15, 0.2) is 6.10 Å². The molecule has 2 heterocycles. The highest BCUT2D eigenvalue weighted by Gasteiger charge is 2.34. The van der Waals surface area contributed by atoms with Gasteiger partial charge in [0.25, 0.3) is 5.91 Å². The molecule has 1 N–H and O–H groups in total. The van der Waals surface area contributed by atoms with E-state index in [2.05, 4.69) is 0 Å². The number of rotatable bonds is 5. The Morgan fingerprint density at radius 2 is 1.92 bits per heavy atom. The maximum absolute atomic E-state index is 12.6. The van der Waals surface area contributed by atoms with Gasteiger partial charge < -0.3 is 19.6 Å². The number of carboxylic acid groups (broad SMARTS) is 1. The maximum atomic E-state index is 12.6. The zero-order chi connectivity index (χ0) is 18.7. The normalized spacial score (nSPS) is 20.5. The molecular formula is C19H24N2O5. The van der Waals surface area contributed by atoms with Crippen molar-refractivity contribution >= 4 is 23.5 Å². The monoisotopic (exact) mass is 360 g/mol. The zero-order valence-corrected chi connectivity index (χ0v) is 14.9. The molecule has 7 nitrogen and oxygen atoms in total. The minimum Gasteiger partial charge on any atom is -0.481 e. The SMILES string of the molecule is CCC1Oc2ccccc2N(CCC(=O)N2CCC(C(=O)O)CC2)C1=O. The number of amides is 2. The number of carbonyl (C=O) groups is 3. The Balaban J connectivity index is 1.62. The van der Waals surface area contributed by atoms with Crippen molar-refractivity contribution in [3.8, 4) is 5.75 Å². The third-order valence-corrected chi connectivity index (χ3v) is 5.08. The van der Waals surface area contributed by atoms with E-state index < -0.39 is 12.1 Å². The van der Waals surface area contributed by atoms with E-state index in [1.807, 2.05) is 31.2 Å². The molecule has 1 fully saturated rings. The number of hydrogen-bond donors (Lipinski definition) is 1. The van der Waals surface area contributed by atoms with E-state index in [9.17, 15) is 14.4 Å². The average molecular weight is 360 g/mol. The predicted molar refractivity (Wildman–Crippen MR) is 95.1 cm³/mol. The Morgan fingerprint density at radius 3 is 2.58 bits per heavy atom. The van der Waals surface area contributed by atoms with Gasteiger partial charge in [-0.2, -0.15) is 0 Å². The number of likely N-dealkylation sites (tertiary alicyclic amines) is 1. The standard InChI is InChI=1S/C19H24N2O5/c1-2-15-18(23)21(14-5-3-4-6-16(14)26-15)12-9-17(22)20-10-7-13(8-11-20)19(24)25/h3-6,13,15H,2,7-12H2,1H3,(H,24,25). The molecular weight excluding hydrogens is 336 g/mol. The van der Waals surface area contributed by atoms with Crippen molar-refractivity contribution in [1.29, 1.82) is 0 Å². The van der Waals surface area contributed by atoms with Crippen molar-refractivity contribution < 1.29 is 24.2 Å². The number of carboxylic acids is 1. The van der Waals surface area contributed by atoms with Crippen molar-refractivity contribution in [1.82, 2.24) is 4.90 Å². The van der Waals surface area contributed by atoms with E-state index in [1.165, 1.54) is 0 Å². The highest BCUT2D eigenvalue weighted by Crippen LogP contribution is 2.34. The molecule has 1 unspecified atom stereocenters. The molecule has 0 bridgehead atoms. The molecule has 3 rings (SSSR count). The fourth-order valence-electron chi connectivity index (χ4n) is 3.51.